The molecule has 0 aliphatic carbocycles. The SMILES string of the molecule is COc1cc(N2CCN(C(C)C)CC2)ccc1Nc1ncc(C(F)(F)F)c(NCc2cccc3c2C(C)(C)C(=O)N3C)n1. The fraction of sp³-hybridized carbons (Fsp3) is 0.452. The van der Waals surface area contributed by atoms with Crippen molar-refractivity contribution in [2.24, 2.45) is 0 Å². The van der Waals surface area contributed by atoms with Gasteiger partial charge >= 0.3 is 6.18 Å². The molecule has 2 aromatic carbocycles. The minimum atomic E-state index is -4.67. The van der Waals surface area contributed by atoms with Crippen LogP contribution in [0.15, 0.2) is 42.6 Å². The molecule has 230 valence electrons. The third-order valence-electron chi connectivity index (χ3n) is 8.34. The van der Waals surface area contributed by atoms with Crippen LogP contribution in [0.4, 0.5) is 42.0 Å². The number of rotatable bonds is 8. The molecule has 1 saturated heterocycles. The lowest BCUT2D eigenvalue weighted by atomic mass is 9.83. The Bertz CT molecular complexity index is 1500. The van der Waals surface area contributed by atoms with Crippen LogP contribution in [0.5, 0.6) is 5.75 Å². The molecule has 0 radical (unpaired) electrons. The van der Waals surface area contributed by atoms with Gasteiger partial charge in [-0.3, -0.25) is 9.69 Å². The topological polar surface area (TPSA) is 85.9 Å². The highest BCUT2D eigenvalue weighted by Gasteiger charge is 2.43. The zero-order valence-electron chi connectivity index (χ0n) is 25.3. The fourth-order valence-electron chi connectivity index (χ4n) is 5.93. The van der Waals surface area contributed by atoms with E-state index < -0.39 is 17.2 Å². The van der Waals surface area contributed by atoms with Crippen molar-refractivity contribution < 1.29 is 22.7 Å². The van der Waals surface area contributed by atoms with Gasteiger partial charge in [0.2, 0.25) is 11.9 Å². The summed E-state index contributed by atoms with van der Waals surface area (Å²) in [4.78, 5) is 27.3. The fourth-order valence-corrected chi connectivity index (χ4v) is 5.93. The van der Waals surface area contributed by atoms with Crippen molar-refractivity contribution >= 4 is 34.7 Å². The first-order valence-corrected chi connectivity index (χ1v) is 14.3. The number of nitrogens with zero attached hydrogens (tertiary/aromatic N) is 5. The molecule has 5 rings (SSSR count). The first-order valence-electron chi connectivity index (χ1n) is 14.3. The van der Waals surface area contributed by atoms with E-state index in [1.165, 1.54) is 0 Å². The molecule has 2 aliphatic heterocycles. The Hall–Kier alpha value is -4.06. The highest BCUT2D eigenvalue weighted by Crippen LogP contribution is 2.43. The van der Waals surface area contributed by atoms with E-state index in [1.54, 1.807) is 25.1 Å². The van der Waals surface area contributed by atoms with Crippen LogP contribution in [0.3, 0.4) is 0 Å². The van der Waals surface area contributed by atoms with E-state index in [1.807, 2.05) is 44.2 Å². The van der Waals surface area contributed by atoms with Crippen molar-refractivity contribution in [3.8, 4) is 5.75 Å². The van der Waals surface area contributed by atoms with Crippen LogP contribution in [-0.4, -0.2) is 67.2 Å². The second-order valence-electron chi connectivity index (χ2n) is 11.7. The number of fused-ring (bicyclic) bond motifs is 1. The zero-order valence-corrected chi connectivity index (χ0v) is 25.3. The molecule has 0 atom stereocenters. The molecule has 1 aromatic heterocycles. The molecule has 0 bridgehead atoms. The van der Waals surface area contributed by atoms with Crippen LogP contribution in [0.25, 0.3) is 0 Å². The molecule has 2 N–H and O–H groups in total. The average Bonchev–Trinajstić information content (AvgIpc) is 3.15. The molecule has 2 aliphatic rings. The number of methoxy groups -OCH3 is 1. The standard InChI is InChI=1S/C31H38F3N7O2/c1-19(2)40-12-14-41(15-13-40)21-10-11-23(25(16-21)43-6)37-29-36-18-22(31(32,33)34)27(38-29)35-17-20-8-7-9-24-26(20)30(3,4)28(42)39(24)5/h7-11,16,18-19H,12-15,17H2,1-6H3,(H2,35,36,37,38). The summed E-state index contributed by atoms with van der Waals surface area (Å²) in [6.45, 7) is 11.8. The largest absolute Gasteiger partial charge is 0.494 e. The van der Waals surface area contributed by atoms with Gasteiger partial charge in [0, 0.05) is 69.5 Å². The van der Waals surface area contributed by atoms with Crippen LogP contribution < -0.4 is 25.2 Å². The summed E-state index contributed by atoms with van der Waals surface area (Å²) < 4.78 is 47.5. The highest BCUT2D eigenvalue weighted by molar-refractivity contribution is 6.07. The third-order valence-corrected chi connectivity index (χ3v) is 8.34. The Morgan fingerprint density at radius 2 is 1.81 bits per heavy atom. The smallest absolute Gasteiger partial charge is 0.421 e. The summed E-state index contributed by atoms with van der Waals surface area (Å²) in [6, 6.07) is 11.6. The number of anilines is 5. The molecule has 0 unspecified atom stereocenters. The van der Waals surface area contributed by atoms with Gasteiger partial charge in [0.25, 0.3) is 0 Å². The summed E-state index contributed by atoms with van der Waals surface area (Å²) in [5.41, 5.74) is 1.98. The second-order valence-corrected chi connectivity index (χ2v) is 11.7. The first-order chi connectivity index (χ1) is 20.3. The number of aromatic nitrogens is 2. The Morgan fingerprint density at radius 3 is 2.47 bits per heavy atom. The molecule has 9 nitrogen and oxygen atoms in total. The molecule has 0 spiro atoms. The lowest BCUT2D eigenvalue weighted by Crippen LogP contribution is -2.48. The van der Waals surface area contributed by atoms with Gasteiger partial charge in [-0.05, 0) is 57.0 Å². The summed E-state index contributed by atoms with van der Waals surface area (Å²) >= 11 is 0. The van der Waals surface area contributed by atoms with Gasteiger partial charge in [0.15, 0.2) is 0 Å². The molecular formula is C31H38F3N7O2. The van der Waals surface area contributed by atoms with Crippen LogP contribution in [0, 0.1) is 0 Å². The van der Waals surface area contributed by atoms with Crippen LogP contribution in [0.2, 0.25) is 0 Å². The maximum Gasteiger partial charge on any atom is 0.421 e. The second kappa shape index (κ2) is 11.6. The van der Waals surface area contributed by atoms with E-state index in [0.29, 0.717) is 23.0 Å². The van der Waals surface area contributed by atoms with Crippen LogP contribution in [0.1, 0.15) is 44.4 Å². The molecule has 3 aromatic rings. The monoisotopic (exact) mass is 597 g/mol. The summed E-state index contributed by atoms with van der Waals surface area (Å²) in [5, 5.41) is 5.90. The van der Waals surface area contributed by atoms with Gasteiger partial charge in [-0.2, -0.15) is 18.2 Å². The zero-order chi connectivity index (χ0) is 31.1. The third kappa shape index (κ3) is 5.93. The quantitative estimate of drug-likeness (QED) is 0.345. The van der Waals surface area contributed by atoms with Crippen molar-refractivity contribution in [3.63, 3.8) is 0 Å². The molecule has 12 heteroatoms. The van der Waals surface area contributed by atoms with E-state index in [-0.39, 0.29) is 24.2 Å². The number of hydrogen-bond acceptors (Lipinski definition) is 8. The van der Waals surface area contributed by atoms with Gasteiger partial charge in [-0.15, -0.1) is 0 Å². The predicted octanol–water partition coefficient (Wildman–Crippen LogP) is 5.64. The number of alkyl halides is 3. The highest BCUT2D eigenvalue weighted by atomic mass is 19.4. The van der Waals surface area contributed by atoms with E-state index in [4.69, 9.17) is 4.74 Å². The average molecular weight is 598 g/mol. The van der Waals surface area contributed by atoms with Crippen molar-refractivity contribution in [2.75, 3.05) is 60.8 Å². The van der Waals surface area contributed by atoms with E-state index in [2.05, 4.69) is 44.2 Å². The number of halogens is 3. The molecule has 1 amide bonds. The van der Waals surface area contributed by atoms with Gasteiger partial charge in [0.05, 0.1) is 18.2 Å². The normalized spacial score (nSPS) is 16.9. The molecule has 43 heavy (non-hydrogen) atoms. The number of hydrogen-bond donors (Lipinski definition) is 2. The number of piperazine rings is 1. The van der Waals surface area contributed by atoms with Gasteiger partial charge in [-0.25, -0.2) is 4.98 Å². The Balaban J connectivity index is 1.38. The number of carbonyl (C=O) groups is 1. The van der Waals surface area contributed by atoms with Gasteiger partial charge < -0.3 is 25.2 Å². The summed E-state index contributed by atoms with van der Waals surface area (Å²) in [5.74, 6) is 0.0761. The number of amides is 1. The number of nitrogens with one attached hydrogen (secondary N) is 2. The molecule has 1 fully saturated rings. The van der Waals surface area contributed by atoms with Crippen molar-refractivity contribution in [2.45, 2.75) is 51.9 Å². The van der Waals surface area contributed by atoms with Crippen molar-refractivity contribution in [3.05, 3.63) is 59.3 Å². The molecule has 0 saturated carbocycles. The maximum absolute atomic E-state index is 14.0. The number of likely N-dealkylation sites (N-methyl/N-ethyl adjacent to an activating group) is 1. The minimum Gasteiger partial charge on any atom is -0.494 e. The number of benzene rings is 2. The number of carbonyl (C=O) groups excluding carboxylic acids is 1. The van der Waals surface area contributed by atoms with Crippen LogP contribution in [-0.2, 0) is 22.9 Å². The molecule has 3 heterocycles. The Morgan fingerprint density at radius 1 is 1.09 bits per heavy atom. The first kappa shape index (κ1) is 30.4. The number of ether oxygens (including phenoxy) is 1. The summed E-state index contributed by atoms with van der Waals surface area (Å²) in [7, 11) is 3.24. The molecular weight excluding hydrogens is 559 g/mol. The van der Waals surface area contributed by atoms with Gasteiger partial charge in [0.1, 0.15) is 17.1 Å². The Labute approximate surface area is 250 Å². The summed E-state index contributed by atoms with van der Waals surface area (Å²) in [6.07, 6.45) is -3.91. The lowest BCUT2D eigenvalue weighted by molar-refractivity contribution is -0.137. The van der Waals surface area contributed by atoms with Gasteiger partial charge in [-0.1, -0.05) is 12.1 Å². The predicted molar refractivity (Wildman–Crippen MR) is 162 cm³/mol. The van der Waals surface area contributed by atoms with E-state index >= 15 is 0 Å². The van der Waals surface area contributed by atoms with Crippen molar-refractivity contribution in [1.29, 1.82) is 0 Å². The minimum absolute atomic E-state index is 0.0133. The lowest BCUT2D eigenvalue weighted by Gasteiger charge is -2.38. The van der Waals surface area contributed by atoms with E-state index in [0.717, 1.165) is 49.3 Å². The Kier molecular flexibility index (Phi) is 8.17. The van der Waals surface area contributed by atoms with E-state index in [9.17, 15) is 18.0 Å². The maximum atomic E-state index is 14.0. The van der Waals surface area contributed by atoms with Crippen LogP contribution >= 0.6 is 0 Å². The van der Waals surface area contributed by atoms with Crippen molar-refractivity contribution in [1.82, 2.24) is 14.9 Å².